The van der Waals surface area contributed by atoms with E-state index in [9.17, 15) is 15.2 Å². The first kappa shape index (κ1) is 21.7. The van der Waals surface area contributed by atoms with Crippen molar-refractivity contribution in [2.75, 3.05) is 0 Å². The Morgan fingerprint density at radius 2 is 2.06 bits per heavy atom. The van der Waals surface area contributed by atoms with Gasteiger partial charge in [-0.15, -0.1) is 0 Å². The van der Waals surface area contributed by atoms with Crippen LogP contribution in [0.3, 0.4) is 0 Å². The second-order valence-corrected chi connectivity index (χ2v) is 8.40. The van der Waals surface area contributed by atoms with Crippen LogP contribution in [0.2, 0.25) is 0 Å². The molecule has 4 rings (SSSR count). The molecule has 1 unspecified atom stereocenters. The summed E-state index contributed by atoms with van der Waals surface area (Å²) in [5, 5.41) is 21.3. The van der Waals surface area contributed by atoms with Crippen LogP contribution in [-0.4, -0.2) is 21.2 Å². The largest absolute Gasteiger partial charge is 0.502 e. The van der Waals surface area contributed by atoms with Gasteiger partial charge in [0.2, 0.25) is 11.6 Å². The number of rotatable bonds is 6. The van der Waals surface area contributed by atoms with E-state index in [1.807, 2.05) is 18.2 Å². The van der Waals surface area contributed by atoms with Gasteiger partial charge in [0.05, 0.1) is 10.6 Å². The second-order valence-electron chi connectivity index (χ2n) is 7.48. The Labute approximate surface area is 192 Å². The van der Waals surface area contributed by atoms with Crippen molar-refractivity contribution >= 4 is 44.6 Å². The number of phenolic OH excluding ortho intramolecular Hbond substituents is 1. The minimum atomic E-state index is -0.641. The molecule has 8 heteroatoms. The number of aromatic hydroxyl groups is 1. The molecular weight excluding hydrogens is 474 g/mol. The number of fused-ring (bicyclic) bond motifs is 1. The normalized spacial score (nSPS) is 12.5. The zero-order chi connectivity index (χ0) is 22.8. The van der Waals surface area contributed by atoms with Gasteiger partial charge in [0.25, 0.3) is 0 Å². The smallest absolute Gasteiger partial charge is 0.312 e. The average molecular weight is 494 g/mol. The van der Waals surface area contributed by atoms with Gasteiger partial charge in [0.1, 0.15) is 5.52 Å². The fraction of sp³-hybridized carbons (Fsp3) is 0.167. The van der Waals surface area contributed by atoms with Crippen molar-refractivity contribution in [3.63, 3.8) is 0 Å². The maximum Gasteiger partial charge on any atom is 0.312 e. The molecule has 0 aliphatic heterocycles. The van der Waals surface area contributed by atoms with Crippen LogP contribution in [0, 0.1) is 10.1 Å². The van der Waals surface area contributed by atoms with Crippen LogP contribution in [0.25, 0.3) is 22.6 Å². The molecule has 1 atom stereocenters. The lowest BCUT2D eigenvalue weighted by Crippen LogP contribution is -1.92. The van der Waals surface area contributed by atoms with Gasteiger partial charge in [0, 0.05) is 27.9 Å². The van der Waals surface area contributed by atoms with Crippen LogP contribution >= 0.6 is 15.9 Å². The molecule has 0 spiro atoms. The lowest BCUT2D eigenvalue weighted by Gasteiger charge is -2.07. The van der Waals surface area contributed by atoms with E-state index >= 15 is 0 Å². The number of nitrogens with zero attached hydrogens (tertiary/aromatic N) is 3. The standard InChI is InChI=1S/C24H20BrN3O4/c1-3-14(2)15-7-8-22-20(11-15)27-24(32-22)16-5-4-6-19(10-16)26-13-17-9-18(25)12-21(23(17)29)28(30)31/h4-14,29H,3H2,1-2H3. The van der Waals surface area contributed by atoms with Crippen molar-refractivity contribution in [3.05, 3.63) is 80.3 Å². The Morgan fingerprint density at radius 1 is 1.25 bits per heavy atom. The number of aliphatic imine (C=N–C) groups is 1. The van der Waals surface area contributed by atoms with Gasteiger partial charge >= 0.3 is 5.69 Å². The molecule has 4 aromatic rings. The van der Waals surface area contributed by atoms with Crippen LogP contribution in [0.4, 0.5) is 11.4 Å². The third-order valence-corrected chi connectivity index (χ3v) is 5.78. The number of nitro groups is 1. The highest BCUT2D eigenvalue weighted by molar-refractivity contribution is 9.10. The van der Waals surface area contributed by atoms with E-state index in [2.05, 4.69) is 51.9 Å². The number of hydrogen-bond donors (Lipinski definition) is 1. The molecule has 0 radical (unpaired) electrons. The van der Waals surface area contributed by atoms with E-state index in [1.54, 1.807) is 18.2 Å². The Balaban J connectivity index is 1.65. The molecule has 0 aliphatic carbocycles. The van der Waals surface area contributed by atoms with E-state index in [1.165, 1.54) is 17.8 Å². The van der Waals surface area contributed by atoms with Gasteiger partial charge in [0.15, 0.2) is 5.58 Å². The summed E-state index contributed by atoms with van der Waals surface area (Å²) in [6.07, 6.45) is 2.43. The van der Waals surface area contributed by atoms with Crippen molar-refractivity contribution in [1.29, 1.82) is 0 Å². The summed E-state index contributed by atoms with van der Waals surface area (Å²) >= 11 is 3.22. The summed E-state index contributed by atoms with van der Waals surface area (Å²) in [6, 6.07) is 16.2. The van der Waals surface area contributed by atoms with Crippen LogP contribution < -0.4 is 0 Å². The molecule has 0 saturated carbocycles. The van der Waals surface area contributed by atoms with Crippen molar-refractivity contribution in [2.24, 2.45) is 4.99 Å². The van der Waals surface area contributed by atoms with Gasteiger partial charge in [-0.2, -0.15) is 0 Å². The highest BCUT2D eigenvalue weighted by Crippen LogP contribution is 2.33. The monoisotopic (exact) mass is 493 g/mol. The number of halogens is 1. The number of benzene rings is 3. The Kier molecular flexibility index (Phi) is 6.05. The predicted octanol–water partition coefficient (Wildman–Crippen LogP) is 7.14. The lowest BCUT2D eigenvalue weighted by molar-refractivity contribution is -0.385. The quantitative estimate of drug-likeness (QED) is 0.174. The summed E-state index contributed by atoms with van der Waals surface area (Å²) in [7, 11) is 0. The molecule has 162 valence electrons. The fourth-order valence-electron chi connectivity index (χ4n) is 3.32. The van der Waals surface area contributed by atoms with E-state index in [0.29, 0.717) is 27.6 Å². The van der Waals surface area contributed by atoms with Crippen LogP contribution in [0.15, 0.2) is 68.5 Å². The number of nitro benzene ring substituents is 1. The summed E-state index contributed by atoms with van der Waals surface area (Å²) in [5.41, 5.74) is 3.93. The first-order chi connectivity index (χ1) is 15.4. The maximum atomic E-state index is 11.1. The van der Waals surface area contributed by atoms with Gasteiger partial charge in [-0.1, -0.05) is 41.9 Å². The zero-order valence-electron chi connectivity index (χ0n) is 17.4. The summed E-state index contributed by atoms with van der Waals surface area (Å²) < 4.78 is 6.41. The molecule has 1 heterocycles. The number of oxazole rings is 1. The number of hydrogen-bond acceptors (Lipinski definition) is 6. The third-order valence-electron chi connectivity index (χ3n) is 5.32. The molecule has 0 amide bonds. The Morgan fingerprint density at radius 3 is 2.81 bits per heavy atom. The zero-order valence-corrected chi connectivity index (χ0v) is 19.0. The van der Waals surface area contributed by atoms with E-state index in [0.717, 1.165) is 17.5 Å². The van der Waals surface area contributed by atoms with Crippen molar-refractivity contribution in [3.8, 4) is 17.2 Å². The minimum Gasteiger partial charge on any atom is -0.502 e. The molecule has 32 heavy (non-hydrogen) atoms. The van der Waals surface area contributed by atoms with Crippen molar-refractivity contribution in [1.82, 2.24) is 4.98 Å². The van der Waals surface area contributed by atoms with Gasteiger partial charge in [-0.3, -0.25) is 15.1 Å². The topological polar surface area (TPSA) is 102 Å². The average Bonchev–Trinajstić information content (AvgIpc) is 3.22. The highest BCUT2D eigenvalue weighted by atomic mass is 79.9. The molecule has 0 bridgehead atoms. The summed E-state index contributed by atoms with van der Waals surface area (Å²) in [5.74, 6) is 0.496. The lowest BCUT2D eigenvalue weighted by atomic mass is 9.98. The van der Waals surface area contributed by atoms with Crippen LogP contribution in [0.1, 0.15) is 37.3 Å². The molecule has 0 saturated heterocycles. The van der Waals surface area contributed by atoms with Crippen molar-refractivity contribution < 1.29 is 14.4 Å². The summed E-state index contributed by atoms with van der Waals surface area (Å²) in [4.78, 5) is 19.5. The molecule has 7 nitrogen and oxygen atoms in total. The van der Waals surface area contributed by atoms with Crippen LogP contribution in [0.5, 0.6) is 5.75 Å². The number of phenols is 1. The third kappa shape index (κ3) is 4.40. The number of aromatic nitrogens is 1. The summed E-state index contributed by atoms with van der Waals surface area (Å²) in [6.45, 7) is 4.34. The first-order valence-corrected chi connectivity index (χ1v) is 10.9. The molecular formula is C24H20BrN3O4. The van der Waals surface area contributed by atoms with Gasteiger partial charge < -0.3 is 9.52 Å². The van der Waals surface area contributed by atoms with E-state index in [-0.39, 0.29) is 5.56 Å². The van der Waals surface area contributed by atoms with Gasteiger partial charge in [-0.05, 0) is 54.3 Å². The molecule has 0 fully saturated rings. The Bertz CT molecular complexity index is 1350. The fourth-order valence-corrected chi connectivity index (χ4v) is 3.78. The van der Waals surface area contributed by atoms with E-state index < -0.39 is 16.4 Å². The van der Waals surface area contributed by atoms with Crippen LogP contribution in [-0.2, 0) is 0 Å². The predicted molar refractivity (Wildman–Crippen MR) is 128 cm³/mol. The highest BCUT2D eigenvalue weighted by Gasteiger charge is 2.17. The minimum absolute atomic E-state index is 0.232. The van der Waals surface area contributed by atoms with E-state index in [4.69, 9.17) is 4.42 Å². The Hall–Kier alpha value is -3.52. The molecule has 3 aromatic carbocycles. The first-order valence-electron chi connectivity index (χ1n) is 10.1. The molecule has 0 aliphatic rings. The molecule has 1 N–H and O–H groups in total. The van der Waals surface area contributed by atoms with Gasteiger partial charge in [-0.25, -0.2) is 4.98 Å². The SMILES string of the molecule is CCC(C)c1ccc2oc(-c3cccc(N=Cc4cc(Br)cc([N+](=O)[O-])c4O)c3)nc2c1. The molecule has 1 aromatic heterocycles. The second kappa shape index (κ2) is 8.92. The maximum absolute atomic E-state index is 11.1. The van der Waals surface area contributed by atoms with Crippen molar-refractivity contribution in [2.45, 2.75) is 26.2 Å².